The molecule has 8 heteroatoms. The Labute approximate surface area is 149 Å². The predicted octanol–water partition coefficient (Wildman–Crippen LogP) is 0.0699. The number of hydrogen-bond acceptors (Lipinski definition) is 5. The zero-order valence-corrected chi connectivity index (χ0v) is 15.1. The Balaban J connectivity index is 1.65. The summed E-state index contributed by atoms with van der Waals surface area (Å²) in [7, 11) is 0. The number of nitrogens with one attached hydrogen (secondary N) is 2. The predicted molar refractivity (Wildman–Crippen MR) is 94.5 cm³/mol. The number of carbonyl (C=O) groups excluding carboxylic acids is 1. The van der Waals surface area contributed by atoms with E-state index in [-0.39, 0.29) is 31.3 Å². The Morgan fingerprint density at radius 1 is 1.28 bits per heavy atom. The highest BCUT2D eigenvalue weighted by Gasteiger charge is 2.34. The number of β-amino-alcohol motifs (C(OH)–C–C–N with tert-alkyl or cyclic N) is 1. The van der Waals surface area contributed by atoms with Crippen LogP contribution in [0.15, 0.2) is 0 Å². The molecule has 0 aromatic carbocycles. The molecule has 0 aromatic heterocycles. The van der Waals surface area contributed by atoms with Gasteiger partial charge in [0.25, 0.3) is 0 Å². The highest BCUT2D eigenvalue weighted by Crippen LogP contribution is 2.25. The van der Waals surface area contributed by atoms with Gasteiger partial charge in [-0.15, -0.1) is 0 Å². The van der Waals surface area contributed by atoms with Crippen molar-refractivity contribution < 1.29 is 19.8 Å². The third-order valence-electron chi connectivity index (χ3n) is 5.34. The number of carboxylic acids is 1. The first-order valence-corrected chi connectivity index (χ1v) is 9.38. The van der Waals surface area contributed by atoms with E-state index in [1.165, 1.54) is 0 Å². The molecule has 4 N–H and O–H groups in total. The van der Waals surface area contributed by atoms with Crippen LogP contribution in [0.25, 0.3) is 0 Å². The summed E-state index contributed by atoms with van der Waals surface area (Å²) >= 11 is 0. The Morgan fingerprint density at radius 3 is 2.68 bits per heavy atom. The lowest BCUT2D eigenvalue weighted by Gasteiger charge is -2.42. The monoisotopic (exact) mass is 356 g/mol. The second-order valence-corrected chi connectivity index (χ2v) is 7.04. The van der Waals surface area contributed by atoms with Gasteiger partial charge in [-0.05, 0) is 38.8 Å². The van der Waals surface area contributed by atoms with Gasteiger partial charge in [0.2, 0.25) is 0 Å². The lowest BCUT2D eigenvalue weighted by molar-refractivity contribution is -0.139. The number of aliphatic hydroxyl groups is 1. The normalized spacial score (nSPS) is 26.9. The molecule has 2 fully saturated rings. The van der Waals surface area contributed by atoms with Gasteiger partial charge in [0, 0.05) is 31.2 Å². The number of likely N-dealkylation sites (tertiary alicyclic amines) is 1. The molecule has 25 heavy (non-hydrogen) atoms. The van der Waals surface area contributed by atoms with Crippen molar-refractivity contribution in [2.75, 3.05) is 39.3 Å². The molecule has 2 amide bonds. The maximum absolute atomic E-state index is 12.1. The first-order chi connectivity index (χ1) is 12.0. The zero-order valence-electron chi connectivity index (χ0n) is 15.1. The van der Waals surface area contributed by atoms with E-state index in [4.69, 9.17) is 10.2 Å². The quantitative estimate of drug-likeness (QED) is 0.466. The number of likely N-dealkylation sites (N-methyl/N-ethyl adjacent to an activating group) is 1. The molecule has 1 saturated heterocycles. The van der Waals surface area contributed by atoms with Crippen molar-refractivity contribution in [3.63, 3.8) is 0 Å². The molecule has 0 spiro atoms. The van der Waals surface area contributed by atoms with Crippen LogP contribution in [0.4, 0.5) is 4.79 Å². The van der Waals surface area contributed by atoms with Crippen molar-refractivity contribution in [1.82, 2.24) is 20.4 Å². The van der Waals surface area contributed by atoms with Crippen molar-refractivity contribution >= 4 is 12.0 Å². The van der Waals surface area contributed by atoms with E-state index in [9.17, 15) is 9.59 Å². The number of piperidine rings is 1. The molecule has 8 nitrogen and oxygen atoms in total. The molecule has 0 aromatic rings. The van der Waals surface area contributed by atoms with E-state index < -0.39 is 5.97 Å². The van der Waals surface area contributed by atoms with Crippen LogP contribution in [0.5, 0.6) is 0 Å². The first-order valence-electron chi connectivity index (χ1n) is 9.38. The third-order valence-corrected chi connectivity index (χ3v) is 5.34. The van der Waals surface area contributed by atoms with E-state index in [2.05, 4.69) is 15.5 Å². The van der Waals surface area contributed by atoms with E-state index in [0.29, 0.717) is 25.7 Å². The topological polar surface area (TPSA) is 105 Å². The van der Waals surface area contributed by atoms with Gasteiger partial charge in [0.15, 0.2) is 0 Å². The largest absolute Gasteiger partial charge is 0.480 e. The number of aliphatic carboxylic acids is 1. The van der Waals surface area contributed by atoms with Crippen LogP contribution in [0.3, 0.4) is 0 Å². The summed E-state index contributed by atoms with van der Waals surface area (Å²) in [4.78, 5) is 27.1. The molecule has 144 valence electrons. The number of carbonyl (C=O) groups is 2. The molecule has 1 aliphatic heterocycles. The molecule has 0 bridgehead atoms. The number of amides is 2. The molecule has 1 atom stereocenters. The summed E-state index contributed by atoms with van der Waals surface area (Å²) < 4.78 is 0. The standard InChI is InChI=1S/C17H32N4O4/c1-2-20(12-16(23)24)15-9-13(10-15)19-17(25)18-11-14-5-3-4-6-21(14)7-8-22/h13-15,22H,2-12H2,1H3,(H,23,24)(H2,18,19,25). The fraction of sp³-hybridized carbons (Fsp3) is 0.882. The highest BCUT2D eigenvalue weighted by molar-refractivity contribution is 5.74. The van der Waals surface area contributed by atoms with Crippen LogP contribution in [0, 0.1) is 0 Å². The molecule has 2 rings (SSSR count). The van der Waals surface area contributed by atoms with Crippen LogP contribution < -0.4 is 10.6 Å². The second kappa shape index (κ2) is 9.94. The first kappa shape index (κ1) is 19.9. The van der Waals surface area contributed by atoms with Crippen LogP contribution >= 0.6 is 0 Å². The van der Waals surface area contributed by atoms with E-state index in [0.717, 1.165) is 38.6 Å². The Morgan fingerprint density at radius 2 is 2.04 bits per heavy atom. The smallest absolute Gasteiger partial charge is 0.317 e. The lowest BCUT2D eigenvalue weighted by atomic mass is 9.85. The van der Waals surface area contributed by atoms with Gasteiger partial charge in [0.05, 0.1) is 13.2 Å². The molecule has 0 radical (unpaired) electrons. The summed E-state index contributed by atoms with van der Waals surface area (Å²) in [6.45, 7) is 5.11. The molecule has 1 heterocycles. The summed E-state index contributed by atoms with van der Waals surface area (Å²) in [6, 6.07) is 0.503. The molecule has 1 aliphatic carbocycles. The maximum Gasteiger partial charge on any atom is 0.317 e. The van der Waals surface area contributed by atoms with Gasteiger partial charge in [-0.3, -0.25) is 14.6 Å². The van der Waals surface area contributed by atoms with E-state index >= 15 is 0 Å². The molecule has 1 saturated carbocycles. The van der Waals surface area contributed by atoms with Gasteiger partial charge in [-0.2, -0.15) is 0 Å². The number of urea groups is 1. The number of hydrogen-bond donors (Lipinski definition) is 4. The minimum absolute atomic E-state index is 0.0580. The van der Waals surface area contributed by atoms with Crippen molar-refractivity contribution in [2.45, 2.75) is 57.2 Å². The summed E-state index contributed by atoms with van der Waals surface area (Å²) in [5.74, 6) is -0.809. The van der Waals surface area contributed by atoms with Crippen LogP contribution in [0.2, 0.25) is 0 Å². The van der Waals surface area contributed by atoms with Gasteiger partial charge >= 0.3 is 12.0 Å². The van der Waals surface area contributed by atoms with Crippen molar-refractivity contribution in [2.24, 2.45) is 0 Å². The van der Waals surface area contributed by atoms with Crippen molar-refractivity contribution in [3.8, 4) is 0 Å². The number of aliphatic hydroxyl groups excluding tert-OH is 1. The average Bonchev–Trinajstić information content (AvgIpc) is 2.55. The van der Waals surface area contributed by atoms with Crippen LogP contribution in [0.1, 0.15) is 39.0 Å². The lowest BCUT2D eigenvalue weighted by Crippen LogP contribution is -2.57. The molecule has 2 aliphatic rings. The van der Waals surface area contributed by atoms with Crippen molar-refractivity contribution in [1.29, 1.82) is 0 Å². The van der Waals surface area contributed by atoms with Crippen molar-refractivity contribution in [3.05, 3.63) is 0 Å². The van der Waals surface area contributed by atoms with Gasteiger partial charge < -0.3 is 20.8 Å². The Hall–Kier alpha value is -1.38. The fourth-order valence-corrected chi connectivity index (χ4v) is 3.84. The summed E-state index contributed by atoms with van der Waals surface area (Å²) in [5.41, 5.74) is 0. The van der Waals surface area contributed by atoms with Gasteiger partial charge in [-0.25, -0.2) is 4.79 Å². The highest BCUT2D eigenvalue weighted by atomic mass is 16.4. The zero-order chi connectivity index (χ0) is 18.2. The average molecular weight is 356 g/mol. The Kier molecular flexibility index (Phi) is 7.92. The van der Waals surface area contributed by atoms with E-state index in [1.807, 2.05) is 11.8 Å². The van der Waals surface area contributed by atoms with Crippen LogP contribution in [-0.2, 0) is 4.79 Å². The molecular weight excluding hydrogens is 324 g/mol. The maximum atomic E-state index is 12.1. The van der Waals surface area contributed by atoms with Gasteiger partial charge in [-0.1, -0.05) is 13.3 Å². The second-order valence-electron chi connectivity index (χ2n) is 7.04. The third kappa shape index (κ3) is 6.13. The van der Waals surface area contributed by atoms with Crippen LogP contribution in [-0.4, -0.2) is 89.5 Å². The summed E-state index contributed by atoms with van der Waals surface area (Å²) in [5, 5.41) is 24.0. The molecular formula is C17H32N4O4. The molecule has 1 unspecified atom stereocenters. The number of carboxylic acid groups (broad SMARTS) is 1. The Bertz CT molecular complexity index is 440. The minimum Gasteiger partial charge on any atom is -0.480 e. The van der Waals surface area contributed by atoms with E-state index in [1.54, 1.807) is 0 Å². The number of rotatable bonds is 9. The minimum atomic E-state index is -0.809. The summed E-state index contributed by atoms with van der Waals surface area (Å²) in [6.07, 6.45) is 4.96. The van der Waals surface area contributed by atoms with Gasteiger partial charge in [0.1, 0.15) is 0 Å². The fourth-order valence-electron chi connectivity index (χ4n) is 3.84. The SMILES string of the molecule is CCN(CC(=O)O)C1CC(NC(=O)NCC2CCCCN2CCO)C1. The number of nitrogens with zero attached hydrogens (tertiary/aromatic N) is 2.